The van der Waals surface area contributed by atoms with Gasteiger partial charge in [0.1, 0.15) is 5.82 Å². The molecule has 0 spiro atoms. The molecule has 158 valence electrons. The van der Waals surface area contributed by atoms with E-state index in [9.17, 15) is 18.0 Å². The highest BCUT2D eigenvalue weighted by Gasteiger charge is 2.30. The van der Waals surface area contributed by atoms with E-state index in [2.05, 4.69) is 20.6 Å². The van der Waals surface area contributed by atoms with E-state index in [0.717, 1.165) is 28.3 Å². The molecule has 0 radical (unpaired) electrons. The Morgan fingerprint density at radius 2 is 1.97 bits per heavy atom. The number of nitrogens with one attached hydrogen (secondary N) is 2. The van der Waals surface area contributed by atoms with Gasteiger partial charge < -0.3 is 10.6 Å². The molecule has 1 amide bonds. The van der Waals surface area contributed by atoms with Gasteiger partial charge in [0.2, 0.25) is 5.91 Å². The lowest BCUT2D eigenvalue weighted by Crippen LogP contribution is -2.13. The van der Waals surface area contributed by atoms with Crippen LogP contribution in [-0.4, -0.2) is 15.9 Å². The van der Waals surface area contributed by atoms with Crippen LogP contribution in [0.2, 0.25) is 0 Å². The van der Waals surface area contributed by atoms with Crippen LogP contribution in [0.15, 0.2) is 42.6 Å². The maximum atomic E-state index is 12.9. The Hall–Kier alpha value is -2.94. The smallest absolute Gasteiger partial charge is 0.340 e. The lowest BCUT2D eigenvalue weighted by atomic mass is 10.1. The maximum Gasteiger partial charge on any atom is 0.416 e. The molecule has 0 saturated heterocycles. The second kappa shape index (κ2) is 8.83. The Balaban J connectivity index is 1.80. The van der Waals surface area contributed by atoms with E-state index in [1.807, 2.05) is 20.8 Å². The molecule has 3 rings (SSSR count). The summed E-state index contributed by atoms with van der Waals surface area (Å²) in [6, 6.07) is 8.47. The molecule has 0 aliphatic rings. The Labute approximate surface area is 176 Å². The lowest BCUT2D eigenvalue weighted by molar-refractivity contribution is -0.137. The molecule has 0 aliphatic heterocycles. The number of carbonyl (C=O) groups is 1. The first kappa shape index (κ1) is 21.8. The summed E-state index contributed by atoms with van der Waals surface area (Å²) in [5.41, 5.74) is 1.11. The summed E-state index contributed by atoms with van der Waals surface area (Å²) in [5, 5.41) is 6.23. The highest BCUT2D eigenvalue weighted by Crippen LogP contribution is 2.35. The van der Waals surface area contributed by atoms with Crippen LogP contribution in [0, 0.1) is 12.8 Å². The van der Waals surface area contributed by atoms with Crippen LogP contribution in [0.25, 0.3) is 10.4 Å². The number of aromatic nitrogens is 2. The van der Waals surface area contributed by atoms with E-state index in [4.69, 9.17) is 0 Å². The van der Waals surface area contributed by atoms with Crippen molar-refractivity contribution in [3.63, 3.8) is 0 Å². The van der Waals surface area contributed by atoms with Gasteiger partial charge in [-0.15, -0.1) is 0 Å². The van der Waals surface area contributed by atoms with Crippen LogP contribution < -0.4 is 10.6 Å². The molecule has 1 aromatic carbocycles. The van der Waals surface area contributed by atoms with Gasteiger partial charge in [-0.2, -0.15) is 13.2 Å². The minimum atomic E-state index is -4.41. The molecule has 0 atom stereocenters. The Morgan fingerprint density at radius 1 is 1.20 bits per heavy atom. The van der Waals surface area contributed by atoms with E-state index in [0.29, 0.717) is 17.4 Å². The van der Waals surface area contributed by atoms with Crippen molar-refractivity contribution in [1.29, 1.82) is 0 Å². The standard InChI is InChI=1S/C21H21F3N4OS/c1-12(2)9-18(29)28-20-26-13(3)19(30-20)14-7-8-25-17(10-14)27-16-6-4-5-15(11-16)21(22,23)24/h4-8,10-12H,9H2,1-3H3,(H,25,27)(H,26,28,29). The van der Waals surface area contributed by atoms with Crippen molar-refractivity contribution in [1.82, 2.24) is 9.97 Å². The van der Waals surface area contributed by atoms with Crippen molar-refractivity contribution in [2.75, 3.05) is 10.6 Å². The summed E-state index contributed by atoms with van der Waals surface area (Å²) >= 11 is 1.34. The zero-order valence-electron chi connectivity index (χ0n) is 16.7. The number of alkyl halides is 3. The van der Waals surface area contributed by atoms with Gasteiger partial charge in [0.15, 0.2) is 5.13 Å². The summed E-state index contributed by atoms with van der Waals surface area (Å²) in [7, 11) is 0. The quantitative estimate of drug-likeness (QED) is 0.480. The van der Waals surface area contributed by atoms with E-state index in [1.165, 1.54) is 17.4 Å². The molecular weight excluding hydrogens is 413 g/mol. The fourth-order valence-corrected chi connectivity index (χ4v) is 3.80. The minimum absolute atomic E-state index is 0.0908. The summed E-state index contributed by atoms with van der Waals surface area (Å²) < 4.78 is 38.8. The predicted octanol–water partition coefficient (Wildman–Crippen LogP) is 6.26. The molecule has 9 heteroatoms. The van der Waals surface area contributed by atoms with E-state index in [1.54, 1.807) is 24.4 Å². The number of carbonyl (C=O) groups excluding carboxylic acids is 1. The Bertz CT molecular complexity index is 1050. The molecular formula is C21H21F3N4OS. The van der Waals surface area contributed by atoms with E-state index >= 15 is 0 Å². The lowest BCUT2D eigenvalue weighted by Gasteiger charge is -2.10. The fourth-order valence-electron chi connectivity index (χ4n) is 2.82. The van der Waals surface area contributed by atoms with Crippen molar-refractivity contribution in [2.24, 2.45) is 5.92 Å². The van der Waals surface area contributed by atoms with Gasteiger partial charge >= 0.3 is 6.18 Å². The second-order valence-electron chi connectivity index (χ2n) is 7.21. The number of pyridine rings is 1. The maximum absolute atomic E-state index is 12.9. The molecule has 3 aromatic rings. The zero-order valence-corrected chi connectivity index (χ0v) is 17.5. The third-order valence-corrected chi connectivity index (χ3v) is 5.24. The second-order valence-corrected chi connectivity index (χ2v) is 8.21. The molecule has 0 aliphatic carbocycles. The van der Waals surface area contributed by atoms with Crippen LogP contribution in [0.4, 0.5) is 29.8 Å². The summed E-state index contributed by atoms with van der Waals surface area (Å²) in [4.78, 5) is 21.4. The van der Waals surface area contributed by atoms with Crippen LogP contribution >= 0.6 is 11.3 Å². The number of thiazole rings is 1. The van der Waals surface area contributed by atoms with Gasteiger partial charge in [-0.05, 0) is 48.7 Å². The van der Waals surface area contributed by atoms with Gasteiger partial charge in [0.05, 0.1) is 16.1 Å². The van der Waals surface area contributed by atoms with Crippen molar-refractivity contribution in [3.05, 3.63) is 53.9 Å². The normalized spacial score (nSPS) is 11.6. The molecule has 2 heterocycles. The third kappa shape index (κ3) is 5.56. The number of amides is 1. The molecule has 0 fully saturated rings. The van der Waals surface area contributed by atoms with Crippen molar-refractivity contribution in [3.8, 4) is 10.4 Å². The molecule has 5 nitrogen and oxygen atoms in total. The summed E-state index contributed by atoms with van der Waals surface area (Å²) in [5.74, 6) is 0.562. The van der Waals surface area contributed by atoms with Crippen LogP contribution in [0.3, 0.4) is 0 Å². The highest BCUT2D eigenvalue weighted by molar-refractivity contribution is 7.19. The highest BCUT2D eigenvalue weighted by atomic mass is 32.1. The number of benzene rings is 1. The molecule has 0 saturated carbocycles. The van der Waals surface area contributed by atoms with Crippen molar-refractivity contribution >= 4 is 33.9 Å². The van der Waals surface area contributed by atoms with Crippen LogP contribution in [0.1, 0.15) is 31.5 Å². The van der Waals surface area contributed by atoms with Gasteiger partial charge in [-0.3, -0.25) is 4.79 Å². The Kier molecular flexibility index (Phi) is 6.40. The minimum Gasteiger partial charge on any atom is -0.340 e. The van der Waals surface area contributed by atoms with Gasteiger partial charge in [-0.1, -0.05) is 31.3 Å². The number of rotatable bonds is 6. The van der Waals surface area contributed by atoms with Gasteiger partial charge in [0, 0.05) is 18.3 Å². The predicted molar refractivity (Wildman–Crippen MR) is 113 cm³/mol. The Morgan fingerprint density at radius 3 is 2.67 bits per heavy atom. The van der Waals surface area contributed by atoms with Crippen LogP contribution in [0.5, 0.6) is 0 Å². The van der Waals surface area contributed by atoms with Gasteiger partial charge in [0.25, 0.3) is 0 Å². The summed E-state index contributed by atoms with van der Waals surface area (Å²) in [6.07, 6.45) is -2.43. The number of halogens is 3. The van der Waals surface area contributed by atoms with Crippen LogP contribution in [-0.2, 0) is 11.0 Å². The summed E-state index contributed by atoms with van der Waals surface area (Å²) in [6.45, 7) is 5.77. The first-order chi connectivity index (χ1) is 14.1. The first-order valence-electron chi connectivity index (χ1n) is 9.30. The average Bonchev–Trinajstić information content (AvgIpc) is 3.01. The number of aryl methyl sites for hydroxylation is 1. The first-order valence-corrected chi connectivity index (χ1v) is 10.1. The molecule has 0 bridgehead atoms. The SMILES string of the molecule is Cc1nc(NC(=O)CC(C)C)sc1-c1ccnc(Nc2cccc(C(F)(F)F)c2)c1. The number of hydrogen-bond acceptors (Lipinski definition) is 5. The van der Waals surface area contributed by atoms with Crippen molar-refractivity contribution < 1.29 is 18.0 Å². The largest absolute Gasteiger partial charge is 0.416 e. The average molecular weight is 434 g/mol. The molecule has 0 unspecified atom stereocenters. The van der Waals surface area contributed by atoms with E-state index < -0.39 is 11.7 Å². The molecule has 30 heavy (non-hydrogen) atoms. The fraction of sp³-hybridized carbons (Fsp3) is 0.286. The topological polar surface area (TPSA) is 66.9 Å². The molecule has 2 N–H and O–H groups in total. The van der Waals surface area contributed by atoms with E-state index in [-0.39, 0.29) is 17.5 Å². The monoisotopic (exact) mass is 434 g/mol. The van der Waals surface area contributed by atoms with Gasteiger partial charge in [-0.25, -0.2) is 9.97 Å². The van der Waals surface area contributed by atoms with Crippen molar-refractivity contribution in [2.45, 2.75) is 33.4 Å². The number of nitrogens with zero attached hydrogens (tertiary/aromatic N) is 2. The number of anilines is 3. The zero-order chi connectivity index (χ0) is 21.9. The third-order valence-electron chi connectivity index (χ3n) is 4.12. The molecule has 2 aromatic heterocycles. The number of hydrogen-bond donors (Lipinski definition) is 2.